The highest BCUT2D eigenvalue weighted by molar-refractivity contribution is 5.03. The Morgan fingerprint density at radius 1 is 1.37 bits per heavy atom. The van der Waals surface area contributed by atoms with Gasteiger partial charge >= 0.3 is 0 Å². The molecule has 4 rings (SSSR count). The highest BCUT2D eigenvalue weighted by atomic mass is 16.5. The molecule has 3 unspecified atom stereocenters. The topological polar surface area (TPSA) is 65.6 Å². The Bertz CT molecular complexity index is 428. The molecule has 6 nitrogen and oxygen atoms in total. The normalized spacial score (nSPS) is 33.3. The molecule has 4 heterocycles. The Kier molecular flexibility index (Phi) is 3.56. The van der Waals surface area contributed by atoms with Gasteiger partial charge in [-0.3, -0.25) is 9.80 Å². The molecule has 3 aliphatic heterocycles. The second-order valence-electron chi connectivity index (χ2n) is 5.61. The first-order valence-corrected chi connectivity index (χ1v) is 7.17. The first kappa shape index (κ1) is 13.0. The predicted molar refractivity (Wildman–Crippen MR) is 69.8 cm³/mol. The molecule has 0 amide bonds. The fourth-order valence-electron chi connectivity index (χ4n) is 2.95. The van der Waals surface area contributed by atoms with E-state index in [9.17, 15) is 5.11 Å². The van der Waals surface area contributed by atoms with E-state index < -0.39 is 6.10 Å². The average Bonchev–Trinajstić information content (AvgIpc) is 2.96. The summed E-state index contributed by atoms with van der Waals surface area (Å²) in [6.07, 6.45) is 0.280. The van der Waals surface area contributed by atoms with Crippen LogP contribution in [0.2, 0.25) is 0 Å². The Labute approximate surface area is 113 Å². The average molecular weight is 266 g/mol. The van der Waals surface area contributed by atoms with Crippen molar-refractivity contribution in [1.29, 1.82) is 0 Å². The Morgan fingerprint density at radius 3 is 2.68 bits per heavy atom. The van der Waals surface area contributed by atoms with Crippen LogP contribution in [0.4, 0.5) is 0 Å². The smallest absolute Gasteiger partial charge is 0.232 e. The minimum absolute atomic E-state index is 0.0951. The van der Waals surface area contributed by atoms with Crippen LogP contribution in [-0.4, -0.2) is 63.9 Å². The maximum Gasteiger partial charge on any atom is 0.232 e. The van der Waals surface area contributed by atoms with Crippen molar-refractivity contribution in [2.75, 3.05) is 32.7 Å². The molecule has 0 aromatic carbocycles. The lowest BCUT2D eigenvalue weighted by atomic mass is 10.0. The minimum Gasteiger partial charge on any atom is -0.392 e. The van der Waals surface area contributed by atoms with Crippen molar-refractivity contribution in [1.82, 2.24) is 19.9 Å². The van der Waals surface area contributed by atoms with Crippen LogP contribution >= 0.6 is 0 Å². The molecule has 2 bridgehead atoms. The summed E-state index contributed by atoms with van der Waals surface area (Å²) < 4.78 is 5.34. The molecule has 1 N–H and O–H groups in total. The van der Waals surface area contributed by atoms with Crippen LogP contribution in [0.25, 0.3) is 0 Å². The van der Waals surface area contributed by atoms with Crippen molar-refractivity contribution in [3.63, 3.8) is 0 Å². The van der Waals surface area contributed by atoms with Gasteiger partial charge in [-0.1, -0.05) is 19.0 Å². The van der Waals surface area contributed by atoms with E-state index in [0.29, 0.717) is 12.3 Å². The number of hydrogen-bond acceptors (Lipinski definition) is 6. The van der Waals surface area contributed by atoms with Crippen LogP contribution in [0, 0.1) is 0 Å². The van der Waals surface area contributed by atoms with Gasteiger partial charge in [0.15, 0.2) is 5.82 Å². The molecular weight excluding hydrogens is 244 g/mol. The zero-order valence-electron chi connectivity index (χ0n) is 11.6. The summed E-state index contributed by atoms with van der Waals surface area (Å²) in [4.78, 5) is 9.39. The number of aliphatic hydroxyl groups is 1. The Morgan fingerprint density at radius 2 is 2.11 bits per heavy atom. The van der Waals surface area contributed by atoms with E-state index in [-0.39, 0.29) is 12.0 Å². The van der Waals surface area contributed by atoms with E-state index in [0.717, 1.165) is 38.5 Å². The quantitative estimate of drug-likeness (QED) is 0.861. The van der Waals surface area contributed by atoms with Crippen LogP contribution in [0.15, 0.2) is 4.52 Å². The third-order valence-electron chi connectivity index (χ3n) is 4.42. The lowest BCUT2D eigenvalue weighted by molar-refractivity contribution is 0.00781. The number of fused-ring (bicyclic) bond motifs is 3. The van der Waals surface area contributed by atoms with Crippen molar-refractivity contribution in [2.24, 2.45) is 0 Å². The lowest BCUT2D eigenvalue weighted by Gasteiger charge is -2.46. The summed E-state index contributed by atoms with van der Waals surface area (Å²) in [5.41, 5.74) is 0. The van der Waals surface area contributed by atoms with Crippen molar-refractivity contribution >= 4 is 0 Å². The first-order valence-electron chi connectivity index (χ1n) is 7.17. The summed E-state index contributed by atoms with van der Waals surface area (Å²) in [5.74, 6) is 1.24. The van der Waals surface area contributed by atoms with Gasteiger partial charge in [0, 0.05) is 32.7 Å². The number of piperazine rings is 3. The van der Waals surface area contributed by atoms with Gasteiger partial charge in [-0.15, -0.1) is 0 Å². The molecule has 0 spiro atoms. The van der Waals surface area contributed by atoms with Gasteiger partial charge in [0.2, 0.25) is 5.89 Å². The van der Waals surface area contributed by atoms with Gasteiger partial charge in [0.1, 0.15) is 0 Å². The maximum absolute atomic E-state index is 9.86. The molecule has 1 aromatic heterocycles. The van der Waals surface area contributed by atoms with Crippen LogP contribution < -0.4 is 0 Å². The van der Waals surface area contributed by atoms with E-state index in [1.807, 2.05) is 13.8 Å². The summed E-state index contributed by atoms with van der Waals surface area (Å²) in [5, 5.41) is 14.0. The third-order valence-corrected chi connectivity index (χ3v) is 4.42. The van der Waals surface area contributed by atoms with Gasteiger partial charge < -0.3 is 9.63 Å². The highest BCUT2D eigenvalue weighted by Gasteiger charge is 2.36. The monoisotopic (exact) mass is 266 g/mol. The zero-order chi connectivity index (χ0) is 13.4. The van der Waals surface area contributed by atoms with Gasteiger partial charge in [-0.25, -0.2) is 0 Å². The number of hydrogen-bond donors (Lipinski definition) is 1. The number of aliphatic hydroxyl groups excluding tert-OH is 1. The fraction of sp³-hybridized carbons (Fsp3) is 0.846. The number of aromatic nitrogens is 2. The summed E-state index contributed by atoms with van der Waals surface area (Å²) in [7, 11) is 0. The van der Waals surface area contributed by atoms with Crippen molar-refractivity contribution in [2.45, 2.75) is 38.3 Å². The summed E-state index contributed by atoms with van der Waals surface area (Å²) in [6, 6.07) is 0.256. The number of rotatable bonds is 4. The van der Waals surface area contributed by atoms with E-state index in [4.69, 9.17) is 4.52 Å². The van der Waals surface area contributed by atoms with E-state index in [2.05, 4.69) is 19.9 Å². The molecule has 3 atom stereocenters. The van der Waals surface area contributed by atoms with Gasteiger partial charge in [-0.2, -0.15) is 4.98 Å². The van der Waals surface area contributed by atoms with E-state index >= 15 is 0 Å². The first-order chi connectivity index (χ1) is 9.19. The molecule has 6 heteroatoms. The van der Waals surface area contributed by atoms with Gasteiger partial charge in [-0.05, 0) is 6.42 Å². The Hall–Kier alpha value is -0.980. The zero-order valence-corrected chi connectivity index (χ0v) is 11.6. The third kappa shape index (κ3) is 2.40. The molecule has 106 valence electrons. The van der Waals surface area contributed by atoms with E-state index in [1.54, 1.807) is 0 Å². The molecule has 3 aliphatic rings. The van der Waals surface area contributed by atoms with Gasteiger partial charge in [0.05, 0.1) is 18.1 Å². The predicted octanol–water partition coefficient (Wildman–Crippen LogP) is 0.616. The van der Waals surface area contributed by atoms with Crippen LogP contribution in [0.1, 0.15) is 43.9 Å². The van der Waals surface area contributed by atoms with E-state index in [1.165, 1.54) is 0 Å². The summed E-state index contributed by atoms with van der Waals surface area (Å²) >= 11 is 0. The summed E-state index contributed by atoms with van der Waals surface area (Å²) in [6.45, 7) is 9.34. The van der Waals surface area contributed by atoms with Crippen molar-refractivity contribution in [3.05, 3.63) is 11.7 Å². The molecule has 3 fully saturated rings. The van der Waals surface area contributed by atoms with Gasteiger partial charge in [0.25, 0.3) is 0 Å². The fourth-order valence-corrected chi connectivity index (χ4v) is 2.95. The standard InChI is InChI=1S/C13H22N4O2/c1-3-11(18)9(2)13-14-12(15-19-13)10-8-16-4-6-17(10)7-5-16/h9-11,18H,3-8H2,1-2H3. The minimum atomic E-state index is -0.417. The molecule has 0 aliphatic carbocycles. The molecule has 3 saturated heterocycles. The molecule has 1 aromatic rings. The Balaban J connectivity index is 1.74. The van der Waals surface area contributed by atoms with Crippen LogP contribution in [-0.2, 0) is 0 Å². The maximum atomic E-state index is 9.86. The second-order valence-corrected chi connectivity index (χ2v) is 5.61. The largest absolute Gasteiger partial charge is 0.392 e. The molecule has 0 radical (unpaired) electrons. The van der Waals surface area contributed by atoms with Crippen molar-refractivity contribution in [3.8, 4) is 0 Å². The number of nitrogens with zero attached hydrogens (tertiary/aromatic N) is 4. The highest BCUT2D eigenvalue weighted by Crippen LogP contribution is 2.28. The molecular formula is C13H22N4O2. The van der Waals surface area contributed by atoms with Crippen LogP contribution in [0.3, 0.4) is 0 Å². The lowest BCUT2D eigenvalue weighted by Crippen LogP contribution is -2.57. The molecule has 19 heavy (non-hydrogen) atoms. The molecule has 0 saturated carbocycles. The van der Waals surface area contributed by atoms with Crippen molar-refractivity contribution < 1.29 is 9.63 Å². The SMILES string of the molecule is CCC(O)C(C)c1nc(C2CN3CCN2CC3)no1. The second kappa shape index (κ2) is 5.19. The van der Waals surface area contributed by atoms with Crippen LogP contribution in [0.5, 0.6) is 0 Å².